The molecule has 0 rings (SSSR count). The Morgan fingerprint density at radius 3 is 1.92 bits per heavy atom. The first kappa shape index (κ1) is 12.0. The topological polar surface area (TPSA) is 12.4 Å². The van der Waals surface area contributed by atoms with E-state index in [-0.39, 0.29) is 11.1 Å². The Bertz CT molecular complexity index is 222. The average Bonchev–Trinajstić information content (AvgIpc) is 1.78. The van der Waals surface area contributed by atoms with Crippen molar-refractivity contribution in [2.45, 2.75) is 32.5 Å². The lowest BCUT2D eigenvalue weighted by Gasteiger charge is -2.08. The van der Waals surface area contributed by atoms with Gasteiger partial charge in [-0.25, -0.2) is 4.36 Å². The largest absolute Gasteiger partial charge is 0.437 e. The van der Waals surface area contributed by atoms with Gasteiger partial charge in [0, 0.05) is 0 Å². The van der Waals surface area contributed by atoms with Crippen LogP contribution in [0.1, 0.15) is 20.8 Å². The predicted octanol–water partition coefficient (Wildman–Crippen LogP) is 2.98. The number of hydrogen-bond acceptors (Lipinski definition) is 1. The van der Waals surface area contributed by atoms with Crippen LogP contribution in [0.5, 0.6) is 0 Å². The van der Waals surface area contributed by atoms with Crippen molar-refractivity contribution >= 4 is 27.1 Å². The summed E-state index contributed by atoms with van der Waals surface area (Å²) >= 11 is 5.20. The molecule has 72 valence electrons. The van der Waals surface area contributed by atoms with Crippen molar-refractivity contribution in [3.63, 3.8) is 0 Å². The Hall–Kier alpha value is -0.0300. The van der Waals surface area contributed by atoms with E-state index in [0.29, 0.717) is 0 Å². The maximum atomic E-state index is 11.8. The minimum atomic E-state index is -4.47. The van der Waals surface area contributed by atoms with Crippen molar-refractivity contribution in [1.82, 2.24) is 0 Å². The SMILES string of the molecule is CC(C)(C)N=S=C(Cl)C(F)(F)F. The third-order valence-electron chi connectivity index (χ3n) is 0.623. The Kier molecular flexibility index (Phi) is 3.78. The molecule has 0 radical (unpaired) electrons. The molecule has 0 amide bonds. The number of alkyl halides is 3. The van der Waals surface area contributed by atoms with Crippen LogP contribution in [0.3, 0.4) is 0 Å². The summed E-state index contributed by atoms with van der Waals surface area (Å²) in [6.45, 7) is 5.08. The molecule has 0 aliphatic carbocycles. The van der Waals surface area contributed by atoms with Crippen molar-refractivity contribution in [1.29, 1.82) is 0 Å². The molecule has 0 aromatic carbocycles. The van der Waals surface area contributed by atoms with Crippen LogP contribution in [0, 0.1) is 0 Å². The molecule has 0 aliphatic heterocycles. The van der Waals surface area contributed by atoms with Gasteiger partial charge >= 0.3 is 6.18 Å². The van der Waals surface area contributed by atoms with Crippen LogP contribution in [-0.2, 0) is 11.1 Å². The first-order chi connectivity index (χ1) is 5.13. The van der Waals surface area contributed by atoms with E-state index in [1.807, 2.05) is 0 Å². The molecular formula is C6H9ClF3NS. The van der Waals surface area contributed by atoms with Crippen molar-refractivity contribution in [3.8, 4) is 0 Å². The number of nitrogens with zero attached hydrogens (tertiary/aromatic N) is 1. The molecule has 6 heteroatoms. The Balaban J connectivity index is 4.69. The highest BCUT2D eigenvalue weighted by atomic mass is 35.5. The van der Waals surface area contributed by atoms with Gasteiger partial charge in [-0.05, 0) is 31.9 Å². The van der Waals surface area contributed by atoms with Gasteiger partial charge in [0.15, 0.2) is 4.32 Å². The van der Waals surface area contributed by atoms with Crippen molar-refractivity contribution < 1.29 is 13.2 Å². The lowest BCUT2D eigenvalue weighted by Crippen LogP contribution is -2.17. The average molecular weight is 220 g/mol. The molecule has 0 saturated carbocycles. The summed E-state index contributed by atoms with van der Waals surface area (Å²) in [5.74, 6) is 0. The van der Waals surface area contributed by atoms with Gasteiger partial charge < -0.3 is 0 Å². The molecule has 1 nitrogen and oxygen atoms in total. The standard InChI is InChI=1S/C6H9ClF3NS/c1-5(2,3)11-12-4(7)6(8,9)10/h1-3H3. The first-order valence-electron chi connectivity index (χ1n) is 3.12. The van der Waals surface area contributed by atoms with Crippen LogP contribution >= 0.6 is 11.6 Å². The lowest BCUT2D eigenvalue weighted by atomic mass is 10.1. The van der Waals surface area contributed by atoms with Crippen LogP contribution in [0.2, 0.25) is 0 Å². The van der Waals surface area contributed by atoms with Crippen LogP contribution in [0.4, 0.5) is 13.2 Å². The molecule has 12 heavy (non-hydrogen) atoms. The second kappa shape index (κ2) is 3.79. The fourth-order valence-electron chi connectivity index (χ4n) is 0.229. The summed E-state index contributed by atoms with van der Waals surface area (Å²) < 4.78 is 37.8. The third kappa shape index (κ3) is 5.60. The summed E-state index contributed by atoms with van der Waals surface area (Å²) in [4.78, 5) is 0. The van der Waals surface area contributed by atoms with Crippen molar-refractivity contribution in [2.24, 2.45) is 4.36 Å². The van der Waals surface area contributed by atoms with Gasteiger partial charge in [0.25, 0.3) is 0 Å². The van der Waals surface area contributed by atoms with E-state index < -0.39 is 16.0 Å². The van der Waals surface area contributed by atoms with E-state index in [1.54, 1.807) is 20.8 Å². The highest BCUT2D eigenvalue weighted by molar-refractivity contribution is 7.72. The van der Waals surface area contributed by atoms with Crippen LogP contribution in [-0.4, -0.2) is 16.0 Å². The van der Waals surface area contributed by atoms with Crippen LogP contribution in [0.15, 0.2) is 4.36 Å². The smallest absolute Gasteiger partial charge is 0.223 e. The van der Waals surface area contributed by atoms with Crippen molar-refractivity contribution in [2.75, 3.05) is 0 Å². The van der Waals surface area contributed by atoms with E-state index in [0.717, 1.165) is 0 Å². The summed E-state index contributed by atoms with van der Waals surface area (Å²) in [6, 6.07) is 0. The normalized spacial score (nSPS) is 12.6. The highest BCUT2D eigenvalue weighted by Gasteiger charge is 2.33. The summed E-state index contributed by atoms with van der Waals surface area (Å²) in [5, 5.41) is 0. The van der Waals surface area contributed by atoms with E-state index in [2.05, 4.69) is 4.36 Å². The predicted molar refractivity (Wildman–Crippen MR) is 46.5 cm³/mol. The van der Waals surface area contributed by atoms with E-state index in [1.165, 1.54) is 0 Å². The summed E-state index contributed by atoms with van der Waals surface area (Å²) in [7, 11) is 0. The minimum Gasteiger partial charge on any atom is -0.223 e. The van der Waals surface area contributed by atoms with Crippen LogP contribution < -0.4 is 0 Å². The van der Waals surface area contributed by atoms with E-state index in [9.17, 15) is 13.2 Å². The van der Waals surface area contributed by atoms with Gasteiger partial charge in [-0.1, -0.05) is 11.6 Å². The molecule has 0 saturated heterocycles. The molecule has 0 spiro atoms. The minimum absolute atomic E-state index is 0.272. The monoisotopic (exact) mass is 219 g/mol. The van der Waals surface area contributed by atoms with Gasteiger partial charge in [0.1, 0.15) is 0 Å². The highest BCUT2D eigenvalue weighted by Crippen LogP contribution is 2.18. The molecular weight excluding hydrogens is 211 g/mol. The molecule has 0 bridgehead atoms. The zero-order valence-electron chi connectivity index (χ0n) is 6.87. The Morgan fingerprint density at radius 1 is 1.25 bits per heavy atom. The molecule has 0 aromatic rings. The van der Waals surface area contributed by atoms with Crippen LogP contribution in [0.25, 0.3) is 0 Å². The lowest BCUT2D eigenvalue weighted by molar-refractivity contribution is -0.0536. The first-order valence-corrected chi connectivity index (χ1v) is 4.27. The zero-order chi connectivity index (χ0) is 9.99. The van der Waals surface area contributed by atoms with Gasteiger partial charge in [-0.15, -0.1) is 0 Å². The molecule has 0 N–H and O–H groups in total. The maximum Gasteiger partial charge on any atom is 0.437 e. The fourth-order valence-corrected chi connectivity index (χ4v) is 0.790. The van der Waals surface area contributed by atoms with Crippen molar-refractivity contribution in [3.05, 3.63) is 0 Å². The summed E-state index contributed by atoms with van der Waals surface area (Å²) in [6.07, 6.45) is -4.47. The van der Waals surface area contributed by atoms with Gasteiger partial charge in [-0.2, -0.15) is 13.2 Å². The van der Waals surface area contributed by atoms with Gasteiger partial charge in [0.05, 0.1) is 5.54 Å². The number of hydrogen-bond donors (Lipinski definition) is 0. The molecule has 0 aromatic heterocycles. The molecule has 0 heterocycles. The quantitative estimate of drug-likeness (QED) is 0.439. The summed E-state index contributed by atoms with van der Waals surface area (Å²) in [5.41, 5.74) is -0.518. The molecule has 0 atom stereocenters. The fraction of sp³-hybridized carbons (Fsp3) is 0.833. The maximum absolute atomic E-state index is 11.8. The third-order valence-corrected chi connectivity index (χ3v) is 2.07. The Labute approximate surface area is 77.6 Å². The van der Waals surface area contributed by atoms with E-state index in [4.69, 9.17) is 11.6 Å². The zero-order valence-corrected chi connectivity index (χ0v) is 8.44. The molecule has 0 fully saturated rings. The van der Waals surface area contributed by atoms with E-state index >= 15 is 0 Å². The molecule has 0 aliphatic rings. The number of halogens is 4. The van der Waals surface area contributed by atoms with Gasteiger partial charge in [0.2, 0.25) is 0 Å². The second-order valence-corrected chi connectivity index (χ2v) is 4.50. The second-order valence-electron chi connectivity index (χ2n) is 3.12. The van der Waals surface area contributed by atoms with Gasteiger partial charge in [-0.3, -0.25) is 0 Å². The Morgan fingerprint density at radius 2 is 1.67 bits per heavy atom. The number of rotatable bonds is 0. The molecule has 0 unspecified atom stereocenters.